The van der Waals surface area contributed by atoms with E-state index in [-0.39, 0.29) is 0 Å². The van der Waals surface area contributed by atoms with Crippen LogP contribution >= 0.6 is 0 Å². The zero-order valence-electron chi connectivity index (χ0n) is 12.7. The molecule has 0 atom stereocenters. The quantitative estimate of drug-likeness (QED) is 0.635. The molecule has 0 rings (SSSR count). The van der Waals surface area contributed by atoms with Crippen LogP contribution in [0.5, 0.6) is 0 Å². The van der Waals surface area contributed by atoms with Gasteiger partial charge in [0.15, 0.2) is 0 Å². The molecule has 98 valence electrons. The maximum Gasteiger partial charge on any atom is 0.136 e. The molecule has 0 saturated carbocycles. The monoisotopic (exact) mass is 244 g/mol. The Morgan fingerprint density at radius 3 is 1.50 bits per heavy atom. The molecule has 3 heteroatoms. The summed E-state index contributed by atoms with van der Waals surface area (Å²) in [5.41, 5.74) is 0. The highest BCUT2D eigenvalue weighted by Gasteiger charge is 2.34. The van der Waals surface area contributed by atoms with Crippen molar-refractivity contribution in [2.24, 2.45) is 0 Å². The topological polar surface area (TPSA) is 6.48 Å². The first kappa shape index (κ1) is 16.1. The standard InChI is InChI=1S/C13H32N2Si/c1-9-14(10-2)11-16(7,8)15(12(3)4)13(5)6/h12-13H,9-11H2,1-8H3. The van der Waals surface area contributed by atoms with Crippen molar-refractivity contribution < 1.29 is 0 Å². The largest absolute Gasteiger partial charge is 0.318 e. The Kier molecular flexibility index (Phi) is 6.83. The lowest BCUT2D eigenvalue weighted by Crippen LogP contribution is -2.61. The van der Waals surface area contributed by atoms with E-state index in [1.54, 1.807) is 0 Å². The van der Waals surface area contributed by atoms with E-state index < -0.39 is 8.24 Å². The van der Waals surface area contributed by atoms with Crippen LogP contribution in [0.2, 0.25) is 13.1 Å². The molecule has 0 unspecified atom stereocenters. The Hall–Kier alpha value is 0.137. The Morgan fingerprint density at radius 2 is 1.25 bits per heavy atom. The second-order valence-corrected chi connectivity index (χ2v) is 10.3. The van der Waals surface area contributed by atoms with Gasteiger partial charge in [0.05, 0.1) is 0 Å². The van der Waals surface area contributed by atoms with Crippen LogP contribution in [-0.2, 0) is 0 Å². The van der Waals surface area contributed by atoms with Gasteiger partial charge in [-0.2, -0.15) is 0 Å². The first-order valence-electron chi connectivity index (χ1n) is 6.77. The van der Waals surface area contributed by atoms with E-state index in [0.717, 1.165) is 0 Å². The molecule has 0 spiro atoms. The smallest absolute Gasteiger partial charge is 0.136 e. The van der Waals surface area contributed by atoms with E-state index in [1.165, 1.54) is 19.3 Å². The predicted octanol–water partition coefficient (Wildman–Crippen LogP) is 3.19. The molecule has 0 aromatic heterocycles. The Labute approximate surface area is 104 Å². The van der Waals surface area contributed by atoms with Crippen molar-refractivity contribution in [3.63, 3.8) is 0 Å². The molecule has 2 nitrogen and oxygen atoms in total. The normalized spacial score (nSPS) is 13.5. The zero-order valence-corrected chi connectivity index (χ0v) is 13.7. The molecule has 0 bridgehead atoms. The van der Waals surface area contributed by atoms with Crippen LogP contribution in [0.3, 0.4) is 0 Å². The van der Waals surface area contributed by atoms with Gasteiger partial charge >= 0.3 is 0 Å². The van der Waals surface area contributed by atoms with Gasteiger partial charge in [0.1, 0.15) is 8.24 Å². The molecule has 0 aliphatic carbocycles. The second kappa shape index (κ2) is 6.77. The van der Waals surface area contributed by atoms with Gasteiger partial charge in [-0.3, -0.25) is 0 Å². The van der Waals surface area contributed by atoms with Gasteiger partial charge in [-0.15, -0.1) is 0 Å². The molecule has 0 aliphatic heterocycles. The summed E-state index contributed by atoms with van der Waals surface area (Å²) in [6, 6.07) is 1.33. The van der Waals surface area contributed by atoms with Crippen LogP contribution in [0.1, 0.15) is 41.5 Å². The number of nitrogens with zero attached hydrogens (tertiary/aromatic N) is 2. The average molecular weight is 244 g/mol. The van der Waals surface area contributed by atoms with Crippen LogP contribution in [0, 0.1) is 0 Å². The minimum Gasteiger partial charge on any atom is -0.318 e. The molecule has 0 radical (unpaired) electrons. The first-order chi connectivity index (χ1) is 7.26. The number of rotatable bonds is 7. The summed E-state index contributed by atoms with van der Waals surface area (Å²) in [5, 5.41) is 0. The summed E-state index contributed by atoms with van der Waals surface area (Å²) in [5.74, 6) is 0. The zero-order chi connectivity index (χ0) is 12.9. The lowest BCUT2D eigenvalue weighted by atomic mass is 10.3. The molecule has 0 aromatic carbocycles. The van der Waals surface area contributed by atoms with Gasteiger partial charge in [0.25, 0.3) is 0 Å². The average Bonchev–Trinajstić information content (AvgIpc) is 2.12. The highest BCUT2D eigenvalue weighted by Crippen LogP contribution is 2.18. The van der Waals surface area contributed by atoms with E-state index in [2.05, 4.69) is 64.1 Å². The minimum atomic E-state index is -1.30. The van der Waals surface area contributed by atoms with Crippen molar-refractivity contribution >= 4 is 8.24 Å². The first-order valence-corrected chi connectivity index (χ1v) is 9.92. The van der Waals surface area contributed by atoms with E-state index in [0.29, 0.717) is 12.1 Å². The van der Waals surface area contributed by atoms with Crippen LogP contribution in [0.4, 0.5) is 0 Å². The van der Waals surface area contributed by atoms with Gasteiger partial charge in [-0.1, -0.05) is 54.6 Å². The van der Waals surface area contributed by atoms with E-state index >= 15 is 0 Å². The summed E-state index contributed by atoms with van der Waals surface area (Å²) in [7, 11) is -1.30. The lowest BCUT2D eigenvalue weighted by molar-refractivity contribution is 0.270. The third-order valence-corrected chi connectivity index (χ3v) is 6.97. The summed E-state index contributed by atoms with van der Waals surface area (Å²) < 4.78 is 2.76. The summed E-state index contributed by atoms with van der Waals surface area (Å²) in [4.78, 5) is 2.57. The van der Waals surface area contributed by atoms with Crippen molar-refractivity contribution in [2.45, 2.75) is 66.7 Å². The summed E-state index contributed by atoms with van der Waals surface area (Å²) in [6.45, 7) is 21.2. The highest BCUT2D eigenvalue weighted by molar-refractivity contribution is 6.75. The van der Waals surface area contributed by atoms with Gasteiger partial charge in [0, 0.05) is 6.17 Å². The molecular weight excluding hydrogens is 212 g/mol. The third-order valence-electron chi connectivity index (χ3n) is 3.32. The third kappa shape index (κ3) is 4.56. The fraction of sp³-hybridized carbons (Fsp3) is 1.00. The van der Waals surface area contributed by atoms with Gasteiger partial charge in [-0.05, 0) is 25.2 Å². The maximum atomic E-state index is 2.76. The van der Waals surface area contributed by atoms with E-state index in [1.807, 2.05) is 0 Å². The van der Waals surface area contributed by atoms with Crippen molar-refractivity contribution in [1.82, 2.24) is 9.47 Å². The molecule has 16 heavy (non-hydrogen) atoms. The van der Waals surface area contributed by atoms with Crippen LogP contribution < -0.4 is 0 Å². The molecule has 0 saturated heterocycles. The SMILES string of the molecule is CCN(CC)C[Si](C)(C)N(C(C)C)C(C)C. The van der Waals surface area contributed by atoms with E-state index in [4.69, 9.17) is 0 Å². The molecule has 0 N–H and O–H groups in total. The van der Waals surface area contributed by atoms with Crippen LogP contribution in [0.15, 0.2) is 0 Å². The molecule has 0 fully saturated rings. The van der Waals surface area contributed by atoms with Crippen molar-refractivity contribution in [3.05, 3.63) is 0 Å². The summed E-state index contributed by atoms with van der Waals surface area (Å²) in [6.07, 6.45) is 1.29. The molecule has 0 aromatic rings. The fourth-order valence-corrected chi connectivity index (χ4v) is 7.57. The van der Waals surface area contributed by atoms with Crippen LogP contribution in [0.25, 0.3) is 0 Å². The van der Waals surface area contributed by atoms with Gasteiger partial charge in [-0.25, -0.2) is 0 Å². The Bertz CT molecular complexity index is 178. The predicted molar refractivity (Wildman–Crippen MR) is 77.4 cm³/mol. The molecule has 0 amide bonds. The Balaban J connectivity index is 4.70. The Morgan fingerprint density at radius 1 is 0.875 bits per heavy atom. The molecular formula is C13H32N2Si. The summed E-state index contributed by atoms with van der Waals surface area (Å²) >= 11 is 0. The number of hydrogen-bond donors (Lipinski definition) is 0. The fourth-order valence-electron chi connectivity index (χ4n) is 3.07. The molecule has 0 aliphatic rings. The van der Waals surface area contributed by atoms with Gasteiger partial charge < -0.3 is 9.47 Å². The second-order valence-electron chi connectivity index (χ2n) is 5.87. The van der Waals surface area contributed by atoms with Crippen LogP contribution in [-0.4, -0.2) is 49.0 Å². The van der Waals surface area contributed by atoms with Crippen molar-refractivity contribution in [1.29, 1.82) is 0 Å². The minimum absolute atomic E-state index is 0.664. The van der Waals surface area contributed by atoms with Crippen molar-refractivity contribution in [2.75, 3.05) is 19.3 Å². The van der Waals surface area contributed by atoms with Gasteiger partial charge in [0.2, 0.25) is 0 Å². The number of hydrogen-bond acceptors (Lipinski definition) is 2. The van der Waals surface area contributed by atoms with Crippen molar-refractivity contribution in [3.8, 4) is 0 Å². The molecule has 0 heterocycles. The lowest BCUT2D eigenvalue weighted by Gasteiger charge is -2.45. The maximum absolute atomic E-state index is 2.76. The highest BCUT2D eigenvalue weighted by atomic mass is 28.3. The van der Waals surface area contributed by atoms with E-state index in [9.17, 15) is 0 Å².